The number of ether oxygens (including phenoxy) is 1. The first-order chi connectivity index (χ1) is 16.6. The molecule has 0 saturated heterocycles. The van der Waals surface area contributed by atoms with Gasteiger partial charge in [0, 0.05) is 11.7 Å². The maximum atomic E-state index is 13.9. The van der Waals surface area contributed by atoms with E-state index in [-0.39, 0.29) is 17.9 Å². The molecule has 0 aliphatic rings. The summed E-state index contributed by atoms with van der Waals surface area (Å²) in [6.07, 6.45) is -0.685. The lowest BCUT2D eigenvalue weighted by Gasteiger charge is -2.37. The van der Waals surface area contributed by atoms with Crippen LogP contribution in [0.3, 0.4) is 0 Å². The number of carbonyl (C=O) groups is 3. The number of para-hydroxylation sites is 1. The monoisotopic (exact) mass is 495 g/mol. The fourth-order valence-electron chi connectivity index (χ4n) is 4.14. The van der Waals surface area contributed by atoms with Crippen LogP contribution in [-0.4, -0.2) is 40.5 Å². The minimum atomic E-state index is -0.903. The third-order valence-corrected chi connectivity index (χ3v) is 6.11. The van der Waals surface area contributed by atoms with Gasteiger partial charge in [-0.1, -0.05) is 36.4 Å². The van der Waals surface area contributed by atoms with Crippen molar-refractivity contribution in [3.63, 3.8) is 0 Å². The molecule has 2 N–H and O–H groups in total. The van der Waals surface area contributed by atoms with E-state index < -0.39 is 23.8 Å². The molecule has 196 valence electrons. The van der Waals surface area contributed by atoms with Gasteiger partial charge in [-0.25, -0.2) is 4.79 Å². The smallest absolute Gasteiger partial charge is 0.408 e. The van der Waals surface area contributed by atoms with E-state index in [9.17, 15) is 14.4 Å². The van der Waals surface area contributed by atoms with Gasteiger partial charge in [-0.2, -0.15) is 0 Å². The zero-order chi connectivity index (χ0) is 27.4. The van der Waals surface area contributed by atoms with Crippen molar-refractivity contribution in [2.24, 2.45) is 0 Å². The van der Waals surface area contributed by atoms with E-state index in [0.717, 1.165) is 33.5 Å². The molecule has 0 heterocycles. The number of hydrogen-bond acceptors (Lipinski definition) is 4. The number of nitrogens with one attached hydrogen (secondary N) is 2. The van der Waals surface area contributed by atoms with E-state index in [4.69, 9.17) is 4.74 Å². The zero-order valence-electron chi connectivity index (χ0n) is 23.3. The van der Waals surface area contributed by atoms with Gasteiger partial charge in [-0.3, -0.25) is 9.59 Å². The van der Waals surface area contributed by atoms with Crippen molar-refractivity contribution in [1.29, 1.82) is 0 Å². The normalized spacial score (nSPS) is 13.1. The quantitative estimate of drug-likeness (QED) is 0.512. The Morgan fingerprint density at radius 2 is 1.39 bits per heavy atom. The predicted octanol–water partition coefficient (Wildman–Crippen LogP) is 5.75. The Labute approximate surface area is 215 Å². The lowest BCUT2D eigenvalue weighted by atomic mass is 9.94. The number of anilines is 1. The first kappa shape index (κ1) is 28.9. The second kappa shape index (κ2) is 11.6. The molecule has 7 heteroatoms. The van der Waals surface area contributed by atoms with Crippen molar-refractivity contribution < 1.29 is 19.1 Å². The molecule has 0 fully saturated rings. The van der Waals surface area contributed by atoms with E-state index in [0.29, 0.717) is 0 Å². The van der Waals surface area contributed by atoms with Crippen LogP contribution in [0.4, 0.5) is 10.5 Å². The topological polar surface area (TPSA) is 87.7 Å². The van der Waals surface area contributed by atoms with Crippen LogP contribution in [0, 0.1) is 27.7 Å². The van der Waals surface area contributed by atoms with Gasteiger partial charge in [0.25, 0.3) is 5.91 Å². The van der Waals surface area contributed by atoms with Crippen molar-refractivity contribution in [1.82, 2.24) is 10.2 Å². The summed E-state index contributed by atoms with van der Waals surface area (Å²) < 4.78 is 5.33. The van der Waals surface area contributed by atoms with Crippen LogP contribution in [0.1, 0.15) is 75.4 Å². The van der Waals surface area contributed by atoms with Crippen LogP contribution in [0.15, 0.2) is 36.4 Å². The summed E-state index contributed by atoms with van der Waals surface area (Å²) in [4.78, 5) is 41.6. The van der Waals surface area contributed by atoms with Crippen LogP contribution in [0.25, 0.3) is 0 Å². The summed E-state index contributed by atoms with van der Waals surface area (Å²) in [6, 6.07) is 9.44. The molecule has 0 radical (unpaired) electrons. The molecule has 3 amide bonds. The number of carbonyl (C=O) groups excluding carboxylic acids is 3. The fourth-order valence-corrected chi connectivity index (χ4v) is 4.14. The van der Waals surface area contributed by atoms with Crippen molar-refractivity contribution >= 4 is 23.6 Å². The second-order valence-corrected chi connectivity index (χ2v) is 10.7. The van der Waals surface area contributed by atoms with E-state index in [2.05, 4.69) is 10.6 Å². The molecule has 0 aliphatic heterocycles. The van der Waals surface area contributed by atoms with Gasteiger partial charge in [-0.05, 0) is 97.1 Å². The summed E-state index contributed by atoms with van der Waals surface area (Å²) in [7, 11) is 0. The minimum absolute atomic E-state index is 0.312. The zero-order valence-corrected chi connectivity index (χ0v) is 23.3. The molecular weight excluding hydrogens is 454 g/mol. The highest BCUT2D eigenvalue weighted by molar-refractivity contribution is 6.00. The van der Waals surface area contributed by atoms with Gasteiger partial charge in [0.1, 0.15) is 17.7 Å². The number of amides is 3. The molecule has 2 rings (SSSR count). The molecule has 0 aromatic heterocycles. The maximum Gasteiger partial charge on any atom is 0.408 e. The molecule has 36 heavy (non-hydrogen) atoms. The number of hydrogen-bond donors (Lipinski definition) is 2. The highest BCUT2D eigenvalue weighted by Crippen LogP contribution is 2.31. The van der Waals surface area contributed by atoms with Crippen LogP contribution >= 0.6 is 0 Å². The molecule has 2 unspecified atom stereocenters. The van der Waals surface area contributed by atoms with E-state index in [1.54, 1.807) is 32.6 Å². The molecule has 2 atom stereocenters. The number of alkyl carbamates (subject to hydrolysis) is 1. The molecule has 0 spiro atoms. The third kappa shape index (κ3) is 7.09. The standard InChI is InChI=1S/C29H41N3O4/c1-17(2)32(27(34)22(7)30-28(35)36-29(8,9)10)25(23-16-12-13-18(3)21(23)6)26(33)31-24-19(4)14-11-15-20(24)5/h11-17,22,25H,1-10H3,(H,30,35)(H,31,33). The Kier molecular flexibility index (Phi) is 9.30. The van der Waals surface area contributed by atoms with Crippen molar-refractivity contribution in [3.8, 4) is 0 Å². The molecule has 0 saturated carbocycles. The summed E-state index contributed by atoms with van der Waals surface area (Å²) in [5, 5.41) is 5.71. The van der Waals surface area contributed by atoms with E-state index in [1.165, 1.54) is 0 Å². The van der Waals surface area contributed by atoms with Gasteiger partial charge in [0.2, 0.25) is 5.91 Å². The van der Waals surface area contributed by atoms with Crippen LogP contribution in [-0.2, 0) is 14.3 Å². The number of aryl methyl sites for hydroxylation is 3. The highest BCUT2D eigenvalue weighted by Gasteiger charge is 2.37. The average molecular weight is 496 g/mol. The largest absolute Gasteiger partial charge is 0.444 e. The summed E-state index contributed by atoms with van der Waals surface area (Å²) in [5.41, 5.74) is 4.60. The maximum absolute atomic E-state index is 13.9. The highest BCUT2D eigenvalue weighted by atomic mass is 16.6. The van der Waals surface area contributed by atoms with Crippen molar-refractivity contribution in [2.45, 2.75) is 93.0 Å². The summed E-state index contributed by atoms with van der Waals surface area (Å²) >= 11 is 0. The number of nitrogens with zero attached hydrogens (tertiary/aromatic N) is 1. The van der Waals surface area contributed by atoms with Crippen LogP contribution in [0.2, 0.25) is 0 Å². The lowest BCUT2D eigenvalue weighted by molar-refractivity contribution is -0.142. The molecule has 7 nitrogen and oxygen atoms in total. The van der Waals surface area contributed by atoms with E-state index >= 15 is 0 Å². The third-order valence-electron chi connectivity index (χ3n) is 6.11. The average Bonchev–Trinajstić information content (AvgIpc) is 2.74. The SMILES string of the molecule is Cc1cccc(C(C(=O)Nc2c(C)cccc2C)N(C(=O)C(C)NC(=O)OC(C)(C)C)C(C)C)c1C. The number of rotatable bonds is 7. The fraction of sp³-hybridized carbons (Fsp3) is 0.483. The van der Waals surface area contributed by atoms with Crippen LogP contribution in [0.5, 0.6) is 0 Å². The van der Waals surface area contributed by atoms with Crippen molar-refractivity contribution in [2.75, 3.05) is 5.32 Å². The van der Waals surface area contributed by atoms with Gasteiger partial charge < -0.3 is 20.3 Å². The Morgan fingerprint density at radius 3 is 1.92 bits per heavy atom. The van der Waals surface area contributed by atoms with Gasteiger partial charge in [0.15, 0.2) is 0 Å². The predicted molar refractivity (Wildman–Crippen MR) is 144 cm³/mol. The van der Waals surface area contributed by atoms with Gasteiger partial charge in [0.05, 0.1) is 0 Å². The van der Waals surface area contributed by atoms with Gasteiger partial charge in [-0.15, -0.1) is 0 Å². The summed E-state index contributed by atoms with van der Waals surface area (Å²) in [6.45, 7) is 18.4. The minimum Gasteiger partial charge on any atom is -0.444 e. The molecular formula is C29H41N3O4. The van der Waals surface area contributed by atoms with Crippen LogP contribution < -0.4 is 10.6 Å². The molecule has 0 bridgehead atoms. The first-order valence-corrected chi connectivity index (χ1v) is 12.4. The molecule has 2 aromatic carbocycles. The number of benzene rings is 2. The Morgan fingerprint density at radius 1 is 0.861 bits per heavy atom. The van der Waals surface area contributed by atoms with E-state index in [1.807, 2.05) is 77.9 Å². The first-order valence-electron chi connectivity index (χ1n) is 12.4. The Hall–Kier alpha value is -3.35. The van der Waals surface area contributed by atoms with Gasteiger partial charge >= 0.3 is 6.09 Å². The Bertz CT molecular complexity index is 1100. The second-order valence-electron chi connectivity index (χ2n) is 10.7. The molecule has 2 aromatic rings. The summed E-state index contributed by atoms with van der Waals surface area (Å²) in [5.74, 6) is -0.689. The Balaban J connectivity index is 2.53. The lowest BCUT2D eigenvalue weighted by Crippen LogP contribution is -2.53. The van der Waals surface area contributed by atoms with Crippen molar-refractivity contribution in [3.05, 3.63) is 64.2 Å². The molecule has 0 aliphatic carbocycles.